The quantitative estimate of drug-likeness (QED) is 0.891. The smallest absolute Gasteiger partial charge is 0.119 e. The van der Waals surface area contributed by atoms with E-state index in [-0.39, 0.29) is 6.10 Å². The summed E-state index contributed by atoms with van der Waals surface area (Å²) >= 11 is 0. The van der Waals surface area contributed by atoms with Crippen LogP contribution in [0.3, 0.4) is 0 Å². The maximum atomic E-state index is 9.61. The van der Waals surface area contributed by atoms with E-state index in [9.17, 15) is 5.11 Å². The monoisotopic (exact) mass is 275 g/mol. The van der Waals surface area contributed by atoms with Crippen molar-refractivity contribution in [1.29, 1.82) is 0 Å². The van der Waals surface area contributed by atoms with E-state index >= 15 is 0 Å². The van der Waals surface area contributed by atoms with E-state index in [2.05, 4.69) is 23.5 Å². The molecule has 0 radical (unpaired) electrons. The van der Waals surface area contributed by atoms with E-state index in [4.69, 9.17) is 4.74 Å². The lowest BCUT2D eigenvalue weighted by atomic mass is 9.85. The van der Waals surface area contributed by atoms with Crippen LogP contribution in [0.25, 0.3) is 0 Å². The maximum absolute atomic E-state index is 9.61. The topological polar surface area (TPSA) is 41.5 Å². The van der Waals surface area contributed by atoms with Crippen molar-refractivity contribution in [1.82, 2.24) is 5.32 Å². The first kappa shape index (κ1) is 13.9. The maximum Gasteiger partial charge on any atom is 0.119 e. The standard InChI is InChI=1S/C17H25NO2/c1-20-15-9-10-16-12(11-15)3-2-4-17(16)18-13-5-7-14(19)8-6-13/h9-11,13-14,17-19H,2-8H2,1H3. The lowest BCUT2D eigenvalue weighted by Gasteiger charge is -2.33. The predicted octanol–water partition coefficient (Wildman–Crippen LogP) is 2.97. The van der Waals surface area contributed by atoms with Gasteiger partial charge in [0.15, 0.2) is 0 Å². The number of methoxy groups -OCH3 is 1. The third-order valence-electron chi connectivity index (χ3n) is 4.80. The van der Waals surface area contributed by atoms with Gasteiger partial charge in [-0.05, 0) is 68.2 Å². The molecule has 1 fully saturated rings. The van der Waals surface area contributed by atoms with Gasteiger partial charge in [0.25, 0.3) is 0 Å². The first-order valence-electron chi connectivity index (χ1n) is 7.87. The number of hydrogen-bond acceptors (Lipinski definition) is 3. The second-order valence-electron chi connectivity index (χ2n) is 6.18. The Labute approximate surface area is 121 Å². The fourth-order valence-electron chi connectivity index (χ4n) is 3.62. The number of fused-ring (bicyclic) bond motifs is 1. The predicted molar refractivity (Wildman–Crippen MR) is 80.1 cm³/mol. The van der Waals surface area contributed by atoms with E-state index in [0.717, 1.165) is 37.9 Å². The molecule has 0 aromatic heterocycles. The van der Waals surface area contributed by atoms with Crippen molar-refractivity contribution in [2.75, 3.05) is 7.11 Å². The van der Waals surface area contributed by atoms with Crippen LogP contribution in [0.15, 0.2) is 18.2 Å². The van der Waals surface area contributed by atoms with Gasteiger partial charge in [0.05, 0.1) is 13.2 Å². The molecule has 110 valence electrons. The van der Waals surface area contributed by atoms with Gasteiger partial charge in [-0.3, -0.25) is 0 Å². The van der Waals surface area contributed by atoms with Gasteiger partial charge >= 0.3 is 0 Å². The summed E-state index contributed by atoms with van der Waals surface area (Å²) in [7, 11) is 1.73. The molecule has 1 unspecified atom stereocenters. The molecule has 2 aliphatic rings. The number of ether oxygens (including phenoxy) is 1. The van der Waals surface area contributed by atoms with Crippen molar-refractivity contribution < 1.29 is 9.84 Å². The highest BCUT2D eigenvalue weighted by molar-refractivity contribution is 5.39. The largest absolute Gasteiger partial charge is 0.497 e. The van der Waals surface area contributed by atoms with Crippen molar-refractivity contribution >= 4 is 0 Å². The number of rotatable bonds is 3. The Kier molecular flexibility index (Phi) is 4.27. The number of aliphatic hydroxyl groups excluding tert-OH is 1. The molecular weight excluding hydrogens is 250 g/mol. The molecular formula is C17H25NO2. The zero-order valence-electron chi connectivity index (χ0n) is 12.3. The van der Waals surface area contributed by atoms with E-state index in [0.29, 0.717) is 12.1 Å². The van der Waals surface area contributed by atoms with Crippen LogP contribution < -0.4 is 10.1 Å². The summed E-state index contributed by atoms with van der Waals surface area (Å²) in [6.45, 7) is 0. The Balaban J connectivity index is 1.70. The second kappa shape index (κ2) is 6.15. The highest BCUT2D eigenvalue weighted by Gasteiger charge is 2.25. The number of benzene rings is 1. The van der Waals surface area contributed by atoms with Crippen molar-refractivity contribution in [3.05, 3.63) is 29.3 Å². The average Bonchev–Trinajstić information content (AvgIpc) is 2.49. The number of aliphatic hydroxyl groups is 1. The zero-order valence-corrected chi connectivity index (χ0v) is 12.3. The average molecular weight is 275 g/mol. The fourth-order valence-corrected chi connectivity index (χ4v) is 3.62. The Morgan fingerprint density at radius 3 is 2.70 bits per heavy atom. The van der Waals surface area contributed by atoms with Gasteiger partial charge in [0.1, 0.15) is 5.75 Å². The third-order valence-corrected chi connectivity index (χ3v) is 4.80. The van der Waals surface area contributed by atoms with E-state index in [1.807, 2.05) is 0 Å². The van der Waals surface area contributed by atoms with E-state index in [1.165, 1.54) is 24.0 Å². The molecule has 0 saturated heterocycles. The van der Waals surface area contributed by atoms with Gasteiger partial charge in [0, 0.05) is 12.1 Å². The minimum Gasteiger partial charge on any atom is -0.497 e. The number of aryl methyl sites for hydroxylation is 1. The first-order valence-corrected chi connectivity index (χ1v) is 7.87. The molecule has 1 aromatic rings. The number of nitrogens with one attached hydrogen (secondary N) is 1. The molecule has 2 N–H and O–H groups in total. The molecule has 0 bridgehead atoms. The summed E-state index contributed by atoms with van der Waals surface area (Å²) < 4.78 is 5.33. The summed E-state index contributed by atoms with van der Waals surface area (Å²) in [6, 6.07) is 7.53. The van der Waals surface area contributed by atoms with Crippen LogP contribution in [0.2, 0.25) is 0 Å². The van der Waals surface area contributed by atoms with E-state index < -0.39 is 0 Å². The van der Waals surface area contributed by atoms with Crippen molar-refractivity contribution in [2.45, 2.75) is 63.1 Å². The van der Waals surface area contributed by atoms with Crippen LogP contribution in [0, 0.1) is 0 Å². The summed E-state index contributed by atoms with van der Waals surface area (Å²) in [6.07, 6.45) is 7.64. The molecule has 0 aliphatic heterocycles. The molecule has 20 heavy (non-hydrogen) atoms. The second-order valence-corrected chi connectivity index (χ2v) is 6.18. The molecule has 3 rings (SSSR count). The molecule has 1 aromatic carbocycles. The molecule has 0 heterocycles. The van der Waals surface area contributed by atoms with Crippen molar-refractivity contribution in [2.24, 2.45) is 0 Å². The van der Waals surface area contributed by atoms with E-state index in [1.54, 1.807) is 7.11 Å². The Morgan fingerprint density at radius 1 is 1.15 bits per heavy atom. The van der Waals surface area contributed by atoms with Crippen molar-refractivity contribution in [3.8, 4) is 5.75 Å². The first-order chi connectivity index (χ1) is 9.76. The molecule has 2 aliphatic carbocycles. The van der Waals surface area contributed by atoms with Crippen LogP contribution in [0.5, 0.6) is 5.75 Å². The third kappa shape index (κ3) is 2.99. The fraction of sp³-hybridized carbons (Fsp3) is 0.647. The van der Waals surface area contributed by atoms with Crippen molar-refractivity contribution in [3.63, 3.8) is 0 Å². The molecule has 1 atom stereocenters. The Bertz CT molecular complexity index is 452. The minimum atomic E-state index is -0.0732. The summed E-state index contributed by atoms with van der Waals surface area (Å²) in [5.41, 5.74) is 2.88. The Morgan fingerprint density at radius 2 is 1.95 bits per heavy atom. The summed E-state index contributed by atoms with van der Waals surface area (Å²) in [5.74, 6) is 0.963. The highest BCUT2D eigenvalue weighted by atomic mass is 16.5. The van der Waals surface area contributed by atoms with Gasteiger partial charge < -0.3 is 15.2 Å². The van der Waals surface area contributed by atoms with Gasteiger partial charge in [0.2, 0.25) is 0 Å². The lowest BCUT2D eigenvalue weighted by Crippen LogP contribution is -2.38. The van der Waals surface area contributed by atoms with Crippen LogP contribution in [0.1, 0.15) is 55.7 Å². The van der Waals surface area contributed by atoms with Crippen LogP contribution in [0.4, 0.5) is 0 Å². The molecule has 0 spiro atoms. The van der Waals surface area contributed by atoms with Crippen LogP contribution in [-0.2, 0) is 6.42 Å². The molecule has 0 amide bonds. The van der Waals surface area contributed by atoms with Crippen LogP contribution in [-0.4, -0.2) is 24.4 Å². The normalized spacial score (nSPS) is 29.8. The van der Waals surface area contributed by atoms with Gasteiger partial charge in [-0.2, -0.15) is 0 Å². The molecule has 1 saturated carbocycles. The lowest BCUT2D eigenvalue weighted by molar-refractivity contribution is 0.113. The molecule has 3 heteroatoms. The summed E-state index contributed by atoms with van der Waals surface area (Å²) in [4.78, 5) is 0. The van der Waals surface area contributed by atoms with Crippen LogP contribution >= 0.6 is 0 Å². The Hall–Kier alpha value is -1.06. The zero-order chi connectivity index (χ0) is 13.9. The minimum absolute atomic E-state index is 0.0732. The van der Waals surface area contributed by atoms with Gasteiger partial charge in [-0.1, -0.05) is 6.07 Å². The van der Waals surface area contributed by atoms with Gasteiger partial charge in [-0.15, -0.1) is 0 Å². The summed E-state index contributed by atoms with van der Waals surface area (Å²) in [5, 5.41) is 13.4. The highest BCUT2D eigenvalue weighted by Crippen LogP contribution is 2.33. The SMILES string of the molecule is COc1ccc2c(c1)CCCC2NC1CCC(O)CC1. The van der Waals surface area contributed by atoms with Gasteiger partial charge in [-0.25, -0.2) is 0 Å². The number of hydrogen-bond donors (Lipinski definition) is 2. The molecule has 3 nitrogen and oxygen atoms in total.